The van der Waals surface area contributed by atoms with Crippen LogP contribution in [0.15, 0.2) is 85.7 Å². The smallest absolute Gasteiger partial charge is 0.274 e. The lowest BCUT2D eigenvalue weighted by molar-refractivity contribution is -0.133. The molecule has 0 saturated carbocycles. The molecule has 3 aromatic heterocycles. The number of anilines is 2. The fraction of sp³-hybridized carbons (Fsp3) is 0.482. The third kappa shape index (κ3) is 13.9. The minimum atomic E-state index is -0.574. The molecule has 1 aliphatic carbocycles. The largest absolute Gasteiger partial charge is 0.387 e. The lowest BCUT2D eigenvalue weighted by atomic mass is 9.95. The van der Waals surface area contributed by atoms with Gasteiger partial charge in [0.2, 0.25) is 17.7 Å². The van der Waals surface area contributed by atoms with Crippen molar-refractivity contribution in [2.24, 2.45) is 5.92 Å². The zero-order valence-corrected chi connectivity index (χ0v) is 44.4. The molecule has 0 spiro atoms. The van der Waals surface area contributed by atoms with Crippen molar-refractivity contribution in [3.05, 3.63) is 125 Å². The van der Waals surface area contributed by atoms with E-state index in [1.54, 1.807) is 18.5 Å². The van der Waals surface area contributed by atoms with Crippen LogP contribution in [0.5, 0.6) is 0 Å². The van der Waals surface area contributed by atoms with E-state index in [1.807, 2.05) is 52.3 Å². The standard InChI is InChI=1S/C56H71ClN14O5/c1-3-39-5-4-6-42(28-39)43-29-47(66-49(73)33-60-31-45-11-14-59-36-63-45)52(62-30-43)56(76)70-17-12-40(13-18-70)34-67-19-21-68(22-20-67)35-50(74)61-16-15-58-32-46(41-7-9-44(57)10-8-41)55(75)71-25-23-69(24-26-71)54-51-38(2)27-48(72)53(51)64-37-65-54/h4-11,14,28-30,36-38,40,46,48,58,60,72H,3,12-13,15-27,31-35H2,1-2H3,(H,61,74)(H,66,73)/t38-,46-,48-/m1/s1. The summed E-state index contributed by atoms with van der Waals surface area (Å²) < 4.78 is 0. The highest BCUT2D eigenvalue weighted by Crippen LogP contribution is 2.43. The molecule has 0 bridgehead atoms. The van der Waals surface area contributed by atoms with E-state index in [9.17, 15) is 24.3 Å². The van der Waals surface area contributed by atoms with E-state index >= 15 is 0 Å². The van der Waals surface area contributed by atoms with Gasteiger partial charge in [0, 0.05) is 127 Å². The lowest BCUT2D eigenvalue weighted by Gasteiger charge is -2.38. The molecule has 19 nitrogen and oxygen atoms in total. The predicted molar refractivity (Wildman–Crippen MR) is 292 cm³/mol. The molecule has 3 aliphatic heterocycles. The monoisotopic (exact) mass is 1050 g/mol. The summed E-state index contributed by atoms with van der Waals surface area (Å²) in [5, 5.41) is 23.7. The molecule has 0 radical (unpaired) electrons. The number of hydrogen-bond donors (Lipinski definition) is 5. The van der Waals surface area contributed by atoms with Crippen molar-refractivity contribution in [1.29, 1.82) is 0 Å². The number of benzene rings is 2. The van der Waals surface area contributed by atoms with Gasteiger partial charge in [0.25, 0.3) is 5.91 Å². The first-order valence-corrected chi connectivity index (χ1v) is 27.3. The molecule has 6 heterocycles. The zero-order valence-electron chi connectivity index (χ0n) is 43.7. The average Bonchev–Trinajstić information content (AvgIpc) is 3.76. The molecular formula is C56H71ClN14O5. The normalized spacial score (nSPS) is 18.8. The first-order valence-electron chi connectivity index (χ1n) is 26.9. The summed E-state index contributed by atoms with van der Waals surface area (Å²) in [6.07, 6.45) is 9.05. The fourth-order valence-electron chi connectivity index (χ4n) is 10.9. The van der Waals surface area contributed by atoms with Crippen molar-refractivity contribution in [2.75, 3.05) is 115 Å². The Bertz CT molecular complexity index is 2770. The summed E-state index contributed by atoms with van der Waals surface area (Å²) >= 11 is 6.24. The van der Waals surface area contributed by atoms with Crippen LogP contribution in [-0.2, 0) is 27.3 Å². The molecule has 3 fully saturated rings. The van der Waals surface area contributed by atoms with Gasteiger partial charge in [-0.1, -0.05) is 61.8 Å². The Morgan fingerprint density at radius 2 is 1.57 bits per heavy atom. The summed E-state index contributed by atoms with van der Waals surface area (Å²) in [6.45, 7) is 14.1. The highest BCUT2D eigenvalue weighted by Gasteiger charge is 2.36. The second-order valence-electron chi connectivity index (χ2n) is 20.5. The third-order valence-electron chi connectivity index (χ3n) is 15.2. The Labute approximate surface area is 450 Å². The Balaban J connectivity index is 0.691. The summed E-state index contributed by atoms with van der Waals surface area (Å²) in [7, 11) is 0. The van der Waals surface area contributed by atoms with Crippen LogP contribution in [0.25, 0.3) is 11.1 Å². The Morgan fingerprint density at radius 3 is 2.32 bits per heavy atom. The number of halogens is 1. The average molecular weight is 1060 g/mol. The van der Waals surface area contributed by atoms with Crippen molar-refractivity contribution in [1.82, 2.24) is 60.5 Å². The van der Waals surface area contributed by atoms with E-state index in [4.69, 9.17) is 11.6 Å². The summed E-state index contributed by atoms with van der Waals surface area (Å²) in [5.41, 5.74) is 6.95. The van der Waals surface area contributed by atoms with Crippen molar-refractivity contribution in [3.8, 4) is 11.1 Å². The first kappa shape index (κ1) is 54.3. The van der Waals surface area contributed by atoms with E-state index in [1.165, 1.54) is 18.2 Å². The highest BCUT2D eigenvalue weighted by atomic mass is 35.5. The second kappa shape index (κ2) is 26.0. The van der Waals surface area contributed by atoms with E-state index in [2.05, 4.69) is 86.9 Å². The summed E-state index contributed by atoms with van der Waals surface area (Å²) in [5.74, 6) is 0.559. The molecular weight excluding hydrogens is 984 g/mol. The van der Waals surface area contributed by atoms with Gasteiger partial charge in [0.05, 0.1) is 42.2 Å². The van der Waals surface area contributed by atoms with Gasteiger partial charge in [-0.25, -0.2) is 24.9 Å². The van der Waals surface area contributed by atoms with Gasteiger partial charge in [-0.15, -0.1) is 0 Å². The first-order chi connectivity index (χ1) is 37.0. The summed E-state index contributed by atoms with van der Waals surface area (Å²) in [6, 6.07) is 19.3. The number of hydrogen-bond acceptors (Lipinski definition) is 15. The van der Waals surface area contributed by atoms with E-state index < -0.39 is 12.0 Å². The predicted octanol–water partition coefficient (Wildman–Crippen LogP) is 4.12. The Morgan fingerprint density at radius 1 is 0.789 bits per heavy atom. The number of fused-ring (bicyclic) bond motifs is 1. The molecule has 9 rings (SSSR count). The fourth-order valence-corrected chi connectivity index (χ4v) is 11.0. The second-order valence-corrected chi connectivity index (χ2v) is 20.9. The molecule has 2 aromatic carbocycles. The van der Waals surface area contributed by atoms with Gasteiger partial charge < -0.3 is 46.0 Å². The lowest BCUT2D eigenvalue weighted by Crippen LogP contribution is -2.52. The van der Waals surface area contributed by atoms with E-state index in [-0.39, 0.29) is 41.8 Å². The van der Waals surface area contributed by atoms with Crippen LogP contribution < -0.4 is 26.2 Å². The van der Waals surface area contributed by atoms with Gasteiger partial charge in [-0.05, 0) is 78.5 Å². The van der Waals surface area contributed by atoms with Gasteiger partial charge in [-0.3, -0.25) is 24.1 Å². The van der Waals surface area contributed by atoms with Gasteiger partial charge in [-0.2, -0.15) is 0 Å². The number of piperazine rings is 2. The quantitative estimate of drug-likeness (QED) is 0.0694. The number of carbonyl (C=O) groups is 4. The third-order valence-corrected chi connectivity index (χ3v) is 15.5. The van der Waals surface area contributed by atoms with Crippen molar-refractivity contribution in [3.63, 3.8) is 0 Å². The Hall–Kier alpha value is -6.48. The number of nitrogens with zero attached hydrogens (tertiary/aromatic N) is 10. The maximum absolute atomic E-state index is 14.1. The van der Waals surface area contributed by atoms with Crippen LogP contribution in [0.2, 0.25) is 5.02 Å². The van der Waals surface area contributed by atoms with Crippen molar-refractivity contribution in [2.45, 2.75) is 64.0 Å². The SMILES string of the molecule is CCc1cccc(-c2cnc(C(=O)N3CCC(CN4CCN(CC(=O)NCCNC[C@@H](C(=O)N5CCN(c6ncnc7c6[C@H](C)C[C@H]7O)CC5)c5ccc(Cl)cc5)CC4)CC3)c(NC(=O)CNCc3ccncn3)c2)c1. The van der Waals surface area contributed by atoms with Gasteiger partial charge in [0.1, 0.15) is 18.5 Å². The number of aromatic nitrogens is 5. The molecule has 3 saturated heterocycles. The summed E-state index contributed by atoms with van der Waals surface area (Å²) in [4.78, 5) is 87.0. The van der Waals surface area contributed by atoms with Crippen LogP contribution in [0.4, 0.5) is 11.5 Å². The van der Waals surface area contributed by atoms with Crippen LogP contribution in [-0.4, -0.2) is 178 Å². The topological polar surface area (TPSA) is 217 Å². The van der Waals surface area contributed by atoms with Gasteiger partial charge >= 0.3 is 0 Å². The molecule has 20 heteroatoms. The molecule has 5 aromatic rings. The van der Waals surface area contributed by atoms with E-state index in [0.29, 0.717) is 101 Å². The number of aliphatic hydroxyl groups is 1. The van der Waals surface area contributed by atoms with Crippen LogP contribution in [0.1, 0.15) is 89.6 Å². The number of nitrogens with one attached hydrogen (secondary N) is 4. The number of piperidine rings is 1. The number of carbonyl (C=O) groups excluding carboxylic acids is 4. The number of aryl methyl sites for hydroxylation is 1. The number of likely N-dealkylation sites (tertiary alicyclic amines) is 1. The molecule has 0 unspecified atom stereocenters. The maximum atomic E-state index is 14.1. The van der Waals surface area contributed by atoms with E-state index in [0.717, 1.165) is 85.8 Å². The maximum Gasteiger partial charge on any atom is 0.274 e. The van der Waals surface area contributed by atoms with Crippen molar-refractivity contribution >= 4 is 46.7 Å². The van der Waals surface area contributed by atoms with Crippen molar-refractivity contribution < 1.29 is 24.3 Å². The molecule has 76 heavy (non-hydrogen) atoms. The number of pyridine rings is 1. The molecule has 402 valence electrons. The zero-order chi connectivity index (χ0) is 53.0. The van der Waals surface area contributed by atoms with Crippen LogP contribution in [0, 0.1) is 5.92 Å². The molecule has 4 amide bonds. The Kier molecular flexibility index (Phi) is 18.6. The minimum Gasteiger partial charge on any atom is -0.387 e. The number of rotatable bonds is 20. The minimum absolute atomic E-state index is 0.0264. The van der Waals surface area contributed by atoms with Gasteiger partial charge in [0.15, 0.2) is 5.69 Å². The molecule has 4 aliphatic rings. The highest BCUT2D eigenvalue weighted by molar-refractivity contribution is 6.30. The molecule has 5 N–H and O–H groups in total. The number of aliphatic hydroxyl groups excluding tert-OH is 1. The van der Waals surface area contributed by atoms with Crippen LogP contribution in [0.3, 0.4) is 0 Å². The van der Waals surface area contributed by atoms with Crippen LogP contribution >= 0.6 is 11.6 Å². The number of amides is 4. The molecule has 3 atom stereocenters.